The summed E-state index contributed by atoms with van der Waals surface area (Å²) in [5.74, 6) is 0.784. The molecule has 1 aliphatic rings. The van der Waals surface area contributed by atoms with Gasteiger partial charge in [0.25, 0.3) is 0 Å². The van der Waals surface area contributed by atoms with Crippen LogP contribution in [0, 0.1) is 0 Å². The predicted octanol–water partition coefficient (Wildman–Crippen LogP) is 5.29. The molecule has 1 aliphatic heterocycles. The molecule has 2 unspecified atom stereocenters. The van der Waals surface area contributed by atoms with Gasteiger partial charge in [0.05, 0.1) is 24.9 Å². The van der Waals surface area contributed by atoms with Gasteiger partial charge in [0.15, 0.2) is 17.8 Å². The average molecular weight is 594 g/mol. The number of carbonyl (C=O) groups excluding carboxylic acids is 2. The molecule has 0 saturated heterocycles. The number of likely N-dealkylation sites (N-methyl/N-ethyl adjacent to an activating group) is 2. The van der Waals surface area contributed by atoms with Gasteiger partial charge in [-0.1, -0.05) is 40.2 Å². The first-order valence-electron chi connectivity index (χ1n) is 12.7. The lowest BCUT2D eigenvalue weighted by Gasteiger charge is -2.19. The Morgan fingerprint density at radius 3 is 2.64 bits per heavy atom. The Kier molecular flexibility index (Phi) is 9.37. The number of anilines is 2. The third kappa shape index (κ3) is 6.66. The van der Waals surface area contributed by atoms with Crippen molar-refractivity contribution < 1.29 is 19.1 Å². The Hall–Kier alpha value is -3.69. The highest BCUT2D eigenvalue weighted by molar-refractivity contribution is 9.08. The third-order valence-electron chi connectivity index (χ3n) is 6.82. The second-order valence-corrected chi connectivity index (χ2v) is 9.99. The van der Waals surface area contributed by atoms with Crippen LogP contribution < -0.4 is 25.0 Å². The summed E-state index contributed by atoms with van der Waals surface area (Å²) in [7, 11) is 5.32. The second kappa shape index (κ2) is 12.9. The normalized spacial score (nSPS) is 15.2. The number of halogens is 1. The SMILES string of the molecule is CNC(C)C(=O)Nc1cc(CBr)cc(COc2cc(N=CC3Cc4ccccc4N3C)c(C=O)cc2OC)c1. The van der Waals surface area contributed by atoms with Crippen LogP contribution in [-0.2, 0) is 23.2 Å². The minimum Gasteiger partial charge on any atom is -0.493 e. The highest BCUT2D eigenvalue weighted by Gasteiger charge is 2.24. The standard InChI is InChI=1S/C30H33BrN4O4/c1-19(32-2)30(37)34-24-10-20(15-31)9-21(11-24)18-39-29-14-26(23(17-36)13-28(29)38-4)33-16-25-12-22-7-5-6-8-27(22)35(25)3/h5-11,13-14,16-17,19,25,32H,12,15,18H2,1-4H3,(H,34,37). The highest BCUT2D eigenvalue weighted by Crippen LogP contribution is 2.36. The van der Waals surface area contributed by atoms with Crippen LogP contribution in [0.25, 0.3) is 0 Å². The minimum absolute atomic E-state index is 0.0830. The lowest BCUT2D eigenvalue weighted by atomic mass is 10.1. The van der Waals surface area contributed by atoms with Crippen molar-refractivity contribution in [3.63, 3.8) is 0 Å². The smallest absolute Gasteiger partial charge is 0.241 e. The number of aldehydes is 1. The minimum atomic E-state index is -0.324. The quantitative estimate of drug-likeness (QED) is 0.178. The van der Waals surface area contributed by atoms with Gasteiger partial charge in [-0.25, -0.2) is 0 Å². The number of methoxy groups -OCH3 is 1. The molecule has 8 nitrogen and oxygen atoms in total. The van der Waals surface area contributed by atoms with E-state index in [0.717, 1.165) is 23.8 Å². The number of hydrogen-bond donors (Lipinski definition) is 2. The summed E-state index contributed by atoms with van der Waals surface area (Å²) >= 11 is 3.50. The predicted molar refractivity (Wildman–Crippen MR) is 159 cm³/mol. The number of rotatable bonds is 11. The fourth-order valence-electron chi connectivity index (χ4n) is 4.47. The maximum absolute atomic E-state index is 12.4. The van der Waals surface area contributed by atoms with Gasteiger partial charge in [-0.05, 0) is 61.3 Å². The molecule has 0 fully saturated rings. The molecule has 3 aromatic rings. The van der Waals surface area contributed by atoms with Crippen LogP contribution in [0.4, 0.5) is 17.1 Å². The van der Waals surface area contributed by atoms with Crippen molar-refractivity contribution in [1.29, 1.82) is 0 Å². The monoisotopic (exact) mass is 592 g/mol. The molecule has 39 heavy (non-hydrogen) atoms. The van der Waals surface area contributed by atoms with Gasteiger partial charge in [-0.15, -0.1) is 0 Å². The van der Waals surface area contributed by atoms with Crippen molar-refractivity contribution in [3.8, 4) is 11.5 Å². The Labute approximate surface area is 237 Å². The molecule has 0 radical (unpaired) electrons. The number of hydrogen-bond acceptors (Lipinski definition) is 7. The summed E-state index contributed by atoms with van der Waals surface area (Å²) < 4.78 is 11.7. The van der Waals surface area contributed by atoms with E-state index >= 15 is 0 Å². The molecule has 204 valence electrons. The van der Waals surface area contributed by atoms with E-state index in [1.54, 1.807) is 26.1 Å². The molecule has 3 aromatic carbocycles. The van der Waals surface area contributed by atoms with Crippen LogP contribution >= 0.6 is 15.9 Å². The van der Waals surface area contributed by atoms with Crippen LogP contribution in [0.1, 0.15) is 34.0 Å². The lowest BCUT2D eigenvalue weighted by Crippen LogP contribution is -2.35. The zero-order valence-corrected chi connectivity index (χ0v) is 24.1. The first kappa shape index (κ1) is 28.3. The van der Waals surface area contributed by atoms with Gasteiger partial charge in [-0.2, -0.15) is 0 Å². The number of ether oxygens (including phenoxy) is 2. The molecular weight excluding hydrogens is 560 g/mol. The first-order chi connectivity index (χ1) is 18.9. The molecule has 0 spiro atoms. The Morgan fingerprint density at radius 1 is 1.18 bits per heavy atom. The number of para-hydroxylation sites is 1. The fourth-order valence-corrected chi connectivity index (χ4v) is 4.79. The molecular formula is C30H33BrN4O4. The van der Waals surface area contributed by atoms with E-state index in [-0.39, 0.29) is 24.6 Å². The number of fused-ring (bicyclic) bond motifs is 1. The van der Waals surface area contributed by atoms with Crippen molar-refractivity contribution in [3.05, 3.63) is 76.9 Å². The van der Waals surface area contributed by atoms with Crippen LogP contribution in [0.2, 0.25) is 0 Å². The molecule has 0 aromatic heterocycles. The molecule has 2 atom stereocenters. The van der Waals surface area contributed by atoms with Crippen molar-refractivity contribution in [1.82, 2.24) is 5.32 Å². The van der Waals surface area contributed by atoms with Crippen molar-refractivity contribution in [2.75, 3.05) is 31.4 Å². The van der Waals surface area contributed by atoms with Crippen LogP contribution in [0.15, 0.2) is 59.6 Å². The molecule has 0 saturated carbocycles. The maximum atomic E-state index is 12.4. The Balaban J connectivity index is 1.55. The zero-order valence-electron chi connectivity index (χ0n) is 22.5. The van der Waals surface area contributed by atoms with E-state index in [1.807, 2.05) is 43.6 Å². The number of benzene rings is 3. The summed E-state index contributed by atoms with van der Waals surface area (Å²) in [6.07, 6.45) is 3.49. The molecule has 1 amide bonds. The molecule has 4 rings (SSSR count). The van der Waals surface area contributed by atoms with Gasteiger partial charge < -0.3 is 25.0 Å². The average Bonchev–Trinajstić information content (AvgIpc) is 3.29. The highest BCUT2D eigenvalue weighted by atomic mass is 79.9. The number of alkyl halides is 1. The van der Waals surface area contributed by atoms with Crippen LogP contribution in [0.5, 0.6) is 11.5 Å². The van der Waals surface area contributed by atoms with Crippen molar-refractivity contribution in [2.24, 2.45) is 4.99 Å². The van der Waals surface area contributed by atoms with Gasteiger partial charge in [0.1, 0.15) is 6.61 Å². The van der Waals surface area contributed by atoms with E-state index < -0.39 is 0 Å². The number of aliphatic imine (C=N–C) groups is 1. The fraction of sp³-hybridized carbons (Fsp3) is 0.300. The topological polar surface area (TPSA) is 92.3 Å². The number of nitrogens with zero attached hydrogens (tertiary/aromatic N) is 2. The van der Waals surface area contributed by atoms with E-state index in [9.17, 15) is 9.59 Å². The molecule has 0 bridgehead atoms. The van der Waals surface area contributed by atoms with E-state index in [2.05, 4.69) is 48.6 Å². The van der Waals surface area contributed by atoms with Gasteiger partial charge in [-0.3, -0.25) is 14.6 Å². The second-order valence-electron chi connectivity index (χ2n) is 9.43. The van der Waals surface area contributed by atoms with Crippen molar-refractivity contribution in [2.45, 2.75) is 37.4 Å². The van der Waals surface area contributed by atoms with E-state index in [0.29, 0.717) is 33.8 Å². The summed E-state index contributed by atoms with van der Waals surface area (Å²) in [4.78, 5) is 31.1. The lowest BCUT2D eigenvalue weighted by molar-refractivity contribution is -0.117. The summed E-state index contributed by atoms with van der Waals surface area (Å²) in [6.45, 7) is 2.03. The first-order valence-corrected chi connectivity index (χ1v) is 13.8. The number of carbonyl (C=O) groups is 2. The van der Waals surface area contributed by atoms with Crippen LogP contribution in [-0.4, -0.2) is 51.7 Å². The third-order valence-corrected chi connectivity index (χ3v) is 7.47. The summed E-state index contributed by atoms with van der Waals surface area (Å²) in [6, 6.07) is 17.2. The Morgan fingerprint density at radius 2 is 1.95 bits per heavy atom. The molecule has 0 aliphatic carbocycles. The molecule has 1 heterocycles. The van der Waals surface area contributed by atoms with Crippen molar-refractivity contribution >= 4 is 51.4 Å². The number of amides is 1. The van der Waals surface area contributed by atoms with E-state index in [4.69, 9.17) is 9.47 Å². The van der Waals surface area contributed by atoms with Gasteiger partial charge >= 0.3 is 0 Å². The molecule has 2 N–H and O–H groups in total. The summed E-state index contributed by atoms with van der Waals surface area (Å²) in [5, 5.41) is 6.51. The number of nitrogens with one attached hydrogen (secondary N) is 2. The summed E-state index contributed by atoms with van der Waals surface area (Å²) in [5.41, 5.74) is 5.94. The molecule has 9 heteroatoms. The van der Waals surface area contributed by atoms with Crippen LogP contribution in [0.3, 0.4) is 0 Å². The largest absolute Gasteiger partial charge is 0.493 e. The Bertz CT molecular complexity index is 1380. The van der Waals surface area contributed by atoms with Gasteiger partial charge in [0.2, 0.25) is 5.91 Å². The van der Waals surface area contributed by atoms with E-state index in [1.165, 1.54) is 18.4 Å². The zero-order chi connectivity index (χ0) is 27.9. The maximum Gasteiger partial charge on any atom is 0.241 e. The van der Waals surface area contributed by atoms with Gasteiger partial charge in [0, 0.05) is 41.6 Å².